The van der Waals surface area contributed by atoms with E-state index in [9.17, 15) is 4.79 Å². The van der Waals surface area contributed by atoms with Crippen LogP contribution in [0.1, 0.15) is 21.5 Å². The predicted molar refractivity (Wildman–Crippen MR) is 80.9 cm³/mol. The Balaban J connectivity index is 2.12. The van der Waals surface area contributed by atoms with E-state index >= 15 is 0 Å². The second-order valence-electron chi connectivity index (χ2n) is 4.59. The van der Waals surface area contributed by atoms with Gasteiger partial charge < -0.3 is 20.9 Å². The molecule has 0 radical (unpaired) electrons. The van der Waals surface area contributed by atoms with Gasteiger partial charge in [-0.15, -0.1) is 0 Å². The highest BCUT2D eigenvalue weighted by Gasteiger charge is 2.15. The third kappa shape index (κ3) is 3.52. The Labute approximate surface area is 123 Å². The first kappa shape index (κ1) is 14.9. The number of amides is 1. The number of nitrogens with two attached hydrogens (primary N) is 1. The van der Waals surface area contributed by atoms with Crippen molar-refractivity contribution in [3.05, 3.63) is 59.2 Å². The maximum Gasteiger partial charge on any atom is 0.257 e. The minimum Gasteiger partial charge on any atom is -0.496 e. The van der Waals surface area contributed by atoms with Gasteiger partial charge in [-0.25, -0.2) is 0 Å². The highest BCUT2D eigenvalue weighted by molar-refractivity contribution is 6.01. The number of nitrogen functional groups attached to an aromatic ring is 1. The van der Waals surface area contributed by atoms with E-state index in [1.807, 2.05) is 24.3 Å². The minimum atomic E-state index is -0.292. The van der Waals surface area contributed by atoms with Crippen LogP contribution in [0.15, 0.2) is 42.5 Å². The molecule has 0 spiro atoms. The van der Waals surface area contributed by atoms with Gasteiger partial charge in [-0.05, 0) is 23.3 Å². The van der Waals surface area contributed by atoms with E-state index in [0.717, 1.165) is 11.1 Å². The summed E-state index contributed by atoms with van der Waals surface area (Å²) >= 11 is 0. The van der Waals surface area contributed by atoms with Gasteiger partial charge in [0.05, 0.1) is 13.7 Å². The van der Waals surface area contributed by atoms with Crippen LogP contribution in [0.2, 0.25) is 0 Å². The van der Waals surface area contributed by atoms with Crippen LogP contribution in [0.3, 0.4) is 0 Å². The fraction of sp³-hybridized carbons (Fsp3) is 0.188. The van der Waals surface area contributed by atoms with Crippen LogP contribution < -0.4 is 15.8 Å². The molecule has 0 saturated heterocycles. The lowest BCUT2D eigenvalue weighted by atomic mass is 10.1. The largest absolute Gasteiger partial charge is 0.496 e. The average molecular weight is 286 g/mol. The molecule has 5 heteroatoms. The SMILES string of the molecule is COc1cccc(N)c1C(=O)NCc1cccc(CO)c1. The van der Waals surface area contributed by atoms with Crippen molar-refractivity contribution in [1.82, 2.24) is 5.32 Å². The van der Waals surface area contributed by atoms with Crippen molar-refractivity contribution in [3.8, 4) is 5.75 Å². The summed E-state index contributed by atoms with van der Waals surface area (Å²) in [5, 5.41) is 11.9. The Morgan fingerprint density at radius 1 is 1.24 bits per heavy atom. The lowest BCUT2D eigenvalue weighted by molar-refractivity contribution is 0.0949. The molecule has 0 unspecified atom stereocenters. The molecule has 2 aromatic rings. The van der Waals surface area contributed by atoms with Gasteiger partial charge in [0.1, 0.15) is 11.3 Å². The fourth-order valence-electron chi connectivity index (χ4n) is 2.07. The number of aliphatic hydroxyl groups is 1. The van der Waals surface area contributed by atoms with E-state index in [2.05, 4.69) is 5.32 Å². The standard InChI is InChI=1S/C16H18N2O3/c1-21-14-7-3-6-13(17)15(14)16(20)18-9-11-4-2-5-12(8-11)10-19/h2-8,19H,9-10,17H2,1H3,(H,18,20). The molecular formula is C16H18N2O3. The molecule has 5 nitrogen and oxygen atoms in total. The summed E-state index contributed by atoms with van der Waals surface area (Å²) in [6.45, 7) is 0.325. The summed E-state index contributed by atoms with van der Waals surface area (Å²) in [5.41, 5.74) is 8.25. The molecule has 0 bridgehead atoms. The van der Waals surface area contributed by atoms with Crippen LogP contribution in [0.4, 0.5) is 5.69 Å². The van der Waals surface area contributed by atoms with Crippen molar-refractivity contribution in [3.63, 3.8) is 0 Å². The van der Waals surface area contributed by atoms with Gasteiger partial charge in [0.25, 0.3) is 5.91 Å². The zero-order valence-corrected chi connectivity index (χ0v) is 11.8. The number of carbonyl (C=O) groups is 1. The van der Waals surface area contributed by atoms with E-state index in [1.54, 1.807) is 18.2 Å². The summed E-state index contributed by atoms with van der Waals surface area (Å²) < 4.78 is 5.16. The van der Waals surface area contributed by atoms with Crippen molar-refractivity contribution in [1.29, 1.82) is 0 Å². The molecule has 0 aromatic heterocycles. The number of carbonyl (C=O) groups excluding carboxylic acids is 1. The van der Waals surface area contributed by atoms with Crippen LogP contribution in [0.25, 0.3) is 0 Å². The van der Waals surface area contributed by atoms with Crippen LogP contribution in [-0.4, -0.2) is 18.1 Å². The first-order valence-corrected chi connectivity index (χ1v) is 6.55. The number of hydrogen-bond donors (Lipinski definition) is 3. The quantitative estimate of drug-likeness (QED) is 0.730. The first-order valence-electron chi connectivity index (χ1n) is 6.55. The Hall–Kier alpha value is -2.53. The Morgan fingerprint density at radius 2 is 1.95 bits per heavy atom. The topological polar surface area (TPSA) is 84.6 Å². The number of hydrogen-bond acceptors (Lipinski definition) is 4. The third-order valence-corrected chi connectivity index (χ3v) is 3.13. The minimum absolute atomic E-state index is 0.0265. The highest BCUT2D eigenvalue weighted by Crippen LogP contribution is 2.23. The van der Waals surface area contributed by atoms with Crippen LogP contribution in [0.5, 0.6) is 5.75 Å². The lowest BCUT2D eigenvalue weighted by Gasteiger charge is -2.12. The molecular weight excluding hydrogens is 268 g/mol. The zero-order chi connectivity index (χ0) is 15.2. The van der Waals surface area contributed by atoms with Gasteiger partial charge >= 0.3 is 0 Å². The molecule has 21 heavy (non-hydrogen) atoms. The van der Waals surface area contributed by atoms with E-state index in [0.29, 0.717) is 23.5 Å². The maximum atomic E-state index is 12.3. The fourth-order valence-corrected chi connectivity index (χ4v) is 2.07. The van der Waals surface area contributed by atoms with E-state index in [-0.39, 0.29) is 12.5 Å². The molecule has 0 atom stereocenters. The summed E-state index contributed by atoms with van der Waals surface area (Å²) in [7, 11) is 1.50. The van der Waals surface area contributed by atoms with Crippen molar-refractivity contribution in [2.75, 3.05) is 12.8 Å². The Kier molecular flexibility index (Phi) is 4.79. The summed E-state index contributed by atoms with van der Waals surface area (Å²) in [5.74, 6) is 0.149. The maximum absolute atomic E-state index is 12.3. The third-order valence-electron chi connectivity index (χ3n) is 3.13. The van der Waals surface area contributed by atoms with Gasteiger partial charge in [-0.1, -0.05) is 30.3 Å². The molecule has 0 aliphatic rings. The second-order valence-corrected chi connectivity index (χ2v) is 4.59. The molecule has 2 rings (SSSR count). The van der Waals surface area contributed by atoms with Gasteiger partial charge in [0.2, 0.25) is 0 Å². The van der Waals surface area contributed by atoms with Crippen molar-refractivity contribution >= 4 is 11.6 Å². The van der Waals surface area contributed by atoms with Crippen molar-refractivity contribution in [2.24, 2.45) is 0 Å². The first-order chi connectivity index (χ1) is 10.2. The zero-order valence-electron chi connectivity index (χ0n) is 11.8. The molecule has 0 fully saturated rings. The van der Waals surface area contributed by atoms with Crippen molar-refractivity contribution < 1.29 is 14.6 Å². The molecule has 0 aliphatic carbocycles. The smallest absolute Gasteiger partial charge is 0.257 e. The van der Waals surface area contributed by atoms with Gasteiger partial charge in [0.15, 0.2) is 0 Å². The number of aliphatic hydroxyl groups excluding tert-OH is 1. The predicted octanol–water partition coefficient (Wildman–Crippen LogP) is 1.70. The normalized spacial score (nSPS) is 10.2. The second kappa shape index (κ2) is 6.76. The van der Waals surface area contributed by atoms with E-state index in [1.165, 1.54) is 7.11 Å². The summed E-state index contributed by atoms with van der Waals surface area (Å²) in [6.07, 6.45) is 0. The molecule has 1 amide bonds. The molecule has 0 aliphatic heterocycles. The Bertz CT molecular complexity index is 641. The number of anilines is 1. The number of rotatable bonds is 5. The Morgan fingerprint density at radius 3 is 2.67 bits per heavy atom. The van der Waals surface area contributed by atoms with E-state index in [4.69, 9.17) is 15.6 Å². The summed E-state index contributed by atoms with van der Waals surface area (Å²) in [6, 6.07) is 12.5. The number of benzene rings is 2. The van der Waals surface area contributed by atoms with Crippen LogP contribution in [-0.2, 0) is 13.2 Å². The lowest BCUT2D eigenvalue weighted by Crippen LogP contribution is -2.24. The van der Waals surface area contributed by atoms with Gasteiger partial charge in [-0.3, -0.25) is 4.79 Å². The molecule has 110 valence electrons. The van der Waals surface area contributed by atoms with Gasteiger partial charge in [0, 0.05) is 12.2 Å². The number of ether oxygens (including phenoxy) is 1. The molecule has 0 saturated carbocycles. The summed E-state index contributed by atoms with van der Waals surface area (Å²) in [4.78, 5) is 12.3. The monoisotopic (exact) mass is 286 g/mol. The number of nitrogens with one attached hydrogen (secondary N) is 1. The van der Waals surface area contributed by atoms with Crippen LogP contribution in [0, 0.1) is 0 Å². The molecule has 4 N–H and O–H groups in total. The highest BCUT2D eigenvalue weighted by atomic mass is 16.5. The van der Waals surface area contributed by atoms with E-state index < -0.39 is 0 Å². The van der Waals surface area contributed by atoms with Gasteiger partial charge in [-0.2, -0.15) is 0 Å². The molecule has 2 aromatic carbocycles. The molecule has 0 heterocycles. The van der Waals surface area contributed by atoms with Crippen molar-refractivity contribution in [2.45, 2.75) is 13.2 Å². The number of methoxy groups -OCH3 is 1. The average Bonchev–Trinajstić information content (AvgIpc) is 2.52. The van der Waals surface area contributed by atoms with Crippen LogP contribution >= 0.6 is 0 Å².